The summed E-state index contributed by atoms with van der Waals surface area (Å²) in [4.78, 5) is 12.2. The van der Waals surface area contributed by atoms with Crippen LogP contribution in [0, 0.1) is 12.7 Å². The largest absolute Gasteiger partial charge is 0.482 e. The summed E-state index contributed by atoms with van der Waals surface area (Å²) in [7, 11) is 1.83. The molecule has 0 aliphatic heterocycles. The number of benzene rings is 2. The maximum Gasteiger partial charge on any atom is 0.234 e. The molecular formula is C20H20ClFN4O2S. The van der Waals surface area contributed by atoms with E-state index in [2.05, 4.69) is 15.5 Å². The van der Waals surface area contributed by atoms with E-state index in [1.165, 1.54) is 30.0 Å². The molecule has 1 unspecified atom stereocenters. The van der Waals surface area contributed by atoms with Gasteiger partial charge >= 0.3 is 0 Å². The lowest BCUT2D eigenvalue weighted by atomic mass is 10.2. The van der Waals surface area contributed by atoms with E-state index >= 15 is 0 Å². The molecule has 0 radical (unpaired) electrons. The highest BCUT2D eigenvalue weighted by Crippen LogP contribution is 2.26. The summed E-state index contributed by atoms with van der Waals surface area (Å²) in [5, 5.41) is 11.6. The second-order valence-corrected chi connectivity index (χ2v) is 7.74. The van der Waals surface area contributed by atoms with Gasteiger partial charge in [-0.2, -0.15) is 0 Å². The van der Waals surface area contributed by atoms with Gasteiger partial charge in [-0.25, -0.2) is 4.39 Å². The zero-order valence-electron chi connectivity index (χ0n) is 16.1. The number of amides is 1. The van der Waals surface area contributed by atoms with Crippen LogP contribution in [0.2, 0.25) is 5.02 Å². The van der Waals surface area contributed by atoms with Gasteiger partial charge in [0, 0.05) is 12.7 Å². The number of anilines is 1. The number of carbonyl (C=O) groups is 1. The number of rotatable bonds is 7. The van der Waals surface area contributed by atoms with E-state index in [0.29, 0.717) is 16.7 Å². The fourth-order valence-corrected chi connectivity index (χ4v) is 3.54. The minimum absolute atomic E-state index is 0.0453. The predicted octanol–water partition coefficient (Wildman–Crippen LogP) is 4.79. The number of thioether (sulfide) groups is 1. The molecule has 1 amide bonds. The van der Waals surface area contributed by atoms with Gasteiger partial charge in [-0.15, -0.1) is 10.2 Å². The summed E-state index contributed by atoms with van der Waals surface area (Å²) in [6, 6.07) is 11.8. The highest BCUT2D eigenvalue weighted by Gasteiger charge is 2.18. The van der Waals surface area contributed by atoms with Crippen LogP contribution in [-0.2, 0) is 11.8 Å². The van der Waals surface area contributed by atoms with Gasteiger partial charge in [0.05, 0.1) is 10.8 Å². The fraction of sp³-hybridized carbons (Fsp3) is 0.250. The normalized spacial score (nSPS) is 11.9. The van der Waals surface area contributed by atoms with Crippen molar-refractivity contribution in [1.82, 2.24) is 14.8 Å². The number of nitrogens with one attached hydrogen (secondary N) is 1. The molecule has 152 valence electrons. The second-order valence-electron chi connectivity index (χ2n) is 6.39. The van der Waals surface area contributed by atoms with Crippen LogP contribution in [0.25, 0.3) is 0 Å². The van der Waals surface area contributed by atoms with E-state index in [-0.39, 0.29) is 22.8 Å². The SMILES string of the molecule is Cc1ccccc1OC(C)c1nnc(SCC(=O)Nc2ccc(F)c(Cl)c2)n1C. The van der Waals surface area contributed by atoms with Crippen molar-refractivity contribution in [2.45, 2.75) is 25.1 Å². The van der Waals surface area contributed by atoms with Gasteiger partial charge in [-0.3, -0.25) is 4.79 Å². The molecule has 0 spiro atoms. The van der Waals surface area contributed by atoms with E-state index in [4.69, 9.17) is 16.3 Å². The van der Waals surface area contributed by atoms with Gasteiger partial charge in [0.2, 0.25) is 5.91 Å². The molecule has 2 aromatic carbocycles. The lowest BCUT2D eigenvalue weighted by Gasteiger charge is -2.15. The monoisotopic (exact) mass is 434 g/mol. The summed E-state index contributed by atoms with van der Waals surface area (Å²) in [6.07, 6.45) is -0.307. The summed E-state index contributed by atoms with van der Waals surface area (Å²) >= 11 is 6.97. The Morgan fingerprint density at radius 2 is 2.07 bits per heavy atom. The molecule has 1 atom stereocenters. The van der Waals surface area contributed by atoms with Crippen molar-refractivity contribution in [1.29, 1.82) is 0 Å². The van der Waals surface area contributed by atoms with Crippen LogP contribution in [0.4, 0.5) is 10.1 Å². The molecule has 0 fully saturated rings. The maximum absolute atomic E-state index is 13.2. The van der Waals surface area contributed by atoms with E-state index in [1.54, 1.807) is 4.57 Å². The average Bonchev–Trinajstić information content (AvgIpc) is 3.05. The van der Waals surface area contributed by atoms with Crippen LogP contribution >= 0.6 is 23.4 Å². The van der Waals surface area contributed by atoms with Gasteiger partial charge in [0.1, 0.15) is 11.6 Å². The number of nitrogens with zero attached hydrogens (tertiary/aromatic N) is 3. The lowest BCUT2D eigenvalue weighted by molar-refractivity contribution is -0.113. The third-order valence-corrected chi connectivity index (χ3v) is 5.48. The summed E-state index contributed by atoms with van der Waals surface area (Å²) in [5.74, 6) is 0.767. The maximum atomic E-state index is 13.2. The standard InChI is InChI=1S/C20H20ClFN4O2S/c1-12-6-4-5-7-17(12)28-13(2)19-24-25-20(26(19)3)29-11-18(27)23-14-8-9-16(22)15(21)10-14/h4-10,13H,11H2,1-3H3,(H,23,27). The van der Waals surface area contributed by atoms with Crippen LogP contribution in [0.1, 0.15) is 24.4 Å². The lowest BCUT2D eigenvalue weighted by Crippen LogP contribution is -2.15. The molecule has 0 saturated heterocycles. The first-order valence-corrected chi connectivity index (χ1v) is 10.2. The minimum atomic E-state index is -0.535. The summed E-state index contributed by atoms with van der Waals surface area (Å²) in [5.41, 5.74) is 1.47. The van der Waals surface area contributed by atoms with Crippen molar-refractivity contribution in [3.63, 3.8) is 0 Å². The zero-order valence-corrected chi connectivity index (χ0v) is 17.7. The Kier molecular flexibility index (Phi) is 6.76. The molecule has 1 heterocycles. The first-order valence-electron chi connectivity index (χ1n) is 8.84. The molecule has 9 heteroatoms. The van der Waals surface area contributed by atoms with Crippen molar-refractivity contribution >= 4 is 35.0 Å². The molecule has 6 nitrogen and oxygen atoms in total. The summed E-state index contributed by atoms with van der Waals surface area (Å²) < 4.78 is 21.0. The Balaban J connectivity index is 1.59. The number of para-hydroxylation sites is 1. The molecule has 29 heavy (non-hydrogen) atoms. The number of aromatic nitrogens is 3. The third-order valence-electron chi connectivity index (χ3n) is 4.17. The molecule has 3 rings (SSSR count). The Morgan fingerprint density at radius 3 is 2.79 bits per heavy atom. The van der Waals surface area contributed by atoms with E-state index in [0.717, 1.165) is 11.3 Å². The van der Waals surface area contributed by atoms with E-state index < -0.39 is 5.82 Å². The molecule has 3 aromatic rings. The smallest absolute Gasteiger partial charge is 0.234 e. The van der Waals surface area contributed by atoms with Crippen LogP contribution in [0.5, 0.6) is 5.75 Å². The average molecular weight is 435 g/mol. The van der Waals surface area contributed by atoms with Crippen molar-refractivity contribution in [3.8, 4) is 5.75 Å². The molecule has 1 N–H and O–H groups in total. The van der Waals surface area contributed by atoms with Crippen LogP contribution in [0.3, 0.4) is 0 Å². The van der Waals surface area contributed by atoms with Crippen molar-refractivity contribution < 1.29 is 13.9 Å². The molecule has 0 aliphatic carbocycles. The number of ether oxygens (including phenoxy) is 1. The van der Waals surface area contributed by atoms with Crippen LogP contribution in [0.15, 0.2) is 47.6 Å². The van der Waals surface area contributed by atoms with E-state index in [9.17, 15) is 9.18 Å². The molecular weight excluding hydrogens is 415 g/mol. The van der Waals surface area contributed by atoms with Crippen molar-refractivity contribution in [2.75, 3.05) is 11.1 Å². The Labute approximate surface area is 177 Å². The Hall–Kier alpha value is -2.58. The number of aryl methyl sites for hydroxylation is 1. The van der Waals surface area contributed by atoms with Crippen molar-refractivity contribution in [3.05, 3.63) is 64.7 Å². The zero-order chi connectivity index (χ0) is 21.0. The second kappa shape index (κ2) is 9.28. The van der Waals surface area contributed by atoms with Gasteiger partial charge < -0.3 is 14.6 Å². The third kappa shape index (κ3) is 5.27. The fourth-order valence-electron chi connectivity index (χ4n) is 2.64. The number of hydrogen-bond acceptors (Lipinski definition) is 5. The Morgan fingerprint density at radius 1 is 1.31 bits per heavy atom. The molecule has 1 aromatic heterocycles. The van der Waals surface area contributed by atoms with Crippen LogP contribution in [-0.4, -0.2) is 26.4 Å². The topological polar surface area (TPSA) is 69.0 Å². The molecule has 0 bridgehead atoms. The first-order chi connectivity index (χ1) is 13.8. The molecule has 0 saturated carbocycles. The Bertz CT molecular complexity index is 1030. The van der Waals surface area contributed by atoms with Gasteiger partial charge in [-0.05, 0) is 43.7 Å². The van der Waals surface area contributed by atoms with Gasteiger partial charge in [0.25, 0.3) is 0 Å². The highest BCUT2D eigenvalue weighted by atomic mass is 35.5. The van der Waals surface area contributed by atoms with Crippen molar-refractivity contribution in [2.24, 2.45) is 7.05 Å². The quantitative estimate of drug-likeness (QED) is 0.541. The van der Waals surface area contributed by atoms with Gasteiger partial charge in [-0.1, -0.05) is 41.6 Å². The predicted molar refractivity (Wildman–Crippen MR) is 112 cm³/mol. The first kappa shape index (κ1) is 21.1. The minimum Gasteiger partial charge on any atom is -0.482 e. The number of halogens is 2. The highest BCUT2D eigenvalue weighted by molar-refractivity contribution is 7.99. The number of hydrogen-bond donors (Lipinski definition) is 1. The summed E-state index contributed by atoms with van der Waals surface area (Å²) in [6.45, 7) is 3.88. The van der Waals surface area contributed by atoms with Gasteiger partial charge in [0.15, 0.2) is 17.1 Å². The van der Waals surface area contributed by atoms with E-state index in [1.807, 2.05) is 45.2 Å². The molecule has 0 aliphatic rings. The van der Waals surface area contributed by atoms with Crippen LogP contribution < -0.4 is 10.1 Å². The number of carbonyl (C=O) groups excluding carboxylic acids is 1.